The lowest BCUT2D eigenvalue weighted by Gasteiger charge is -2.27. The summed E-state index contributed by atoms with van der Waals surface area (Å²) < 4.78 is 32.8. The number of rotatable bonds is 12. The number of ether oxygens (including phenoxy) is 5. The maximum absolute atomic E-state index is 13.7. The largest absolute Gasteiger partial charge is 0.493 e. The lowest BCUT2D eigenvalue weighted by Crippen LogP contribution is -2.42. The first kappa shape index (κ1) is 27.4. The molecule has 1 aliphatic heterocycles. The van der Waals surface area contributed by atoms with E-state index in [1.54, 1.807) is 23.1 Å². The highest BCUT2D eigenvalue weighted by Gasteiger charge is 2.26. The van der Waals surface area contributed by atoms with Gasteiger partial charge in [-0.2, -0.15) is 0 Å². The first-order valence-corrected chi connectivity index (χ1v) is 12.3. The van der Waals surface area contributed by atoms with Crippen molar-refractivity contribution in [1.82, 2.24) is 9.80 Å². The van der Waals surface area contributed by atoms with Gasteiger partial charge in [-0.05, 0) is 48.9 Å². The number of fused-ring (bicyclic) bond motifs is 1. The Labute approximate surface area is 227 Å². The summed E-state index contributed by atoms with van der Waals surface area (Å²) >= 11 is 0. The molecule has 0 fully saturated rings. The lowest BCUT2D eigenvalue weighted by atomic mass is 10.1. The molecule has 0 bridgehead atoms. The van der Waals surface area contributed by atoms with Crippen molar-refractivity contribution in [2.45, 2.75) is 20.0 Å². The maximum Gasteiger partial charge on any atom is 0.254 e. The number of furan rings is 1. The van der Waals surface area contributed by atoms with E-state index in [1.807, 2.05) is 37.3 Å². The molecule has 206 valence electrons. The molecular weight excluding hydrogens is 504 g/mol. The van der Waals surface area contributed by atoms with Crippen LogP contribution in [0, 0.1) is 6.92 Å². The van der Waals surface area contributed by atoms with Gasteiger partial charge in [-0.3, -0.25) is 9.59 Å². The van der Waals surface area contributed by atoms with Crippen LogP contribution in [0.4, 0.5) is 0 Å². The smallest absolute Gasteiger partial charge is 0.254 e. The average Bonchev–Trinajstić information content (AvgIpc) is 3.59. The molecule has 0 atom stereocenters. The number of hydrogen-bond donors (Lipinski definition) is 0. The van der Waals surface area contributed by atoms with E-state index < -0.39 is 0 Å². The summed E-state index contributed by atoms with van der Waals surface area (Å²) in [7, 11) is 4.43. The summed E-state index contributed by atoms with van der Waals surface area (Å²) in [5.74, 6) is 3.03. The van der Waals surface area contributed by atoms with Crippen molar-refractivity contribution in [3.8, 4) is 28.7 Å². The second kappa shape index (κ2) is 12.3. The van der Waals surface area contributed by atoms with Crippen LogP contribution in [0.1, 0.15) is 27.4 Å². The molecule has 0 radical (unpaired) electrons. The summed E-state index contributed by atoms with van der Waals surface area (Å²) in [4.78, 5) is 30.3. The van der Waals surface area contributed by atoms with E-state index in [2.05, 4.69) is 6.58 Å². The molecule has 0 aliphatic carbocycles. The minimum atomic E-state index is -0.389. The zero-order valence-electron chi connectivity index (χ0n) is 22.5. The highest BCUT2D eigenvalue weighted by atomic mass is 16.7. The summed E-state index contributed by atoms with van der Waals surface area (Å²) in [6.07, 6.45) is 1.57. The molecule has 0 saturated carbocycles. The minimum Gasteiger partial charge on any atom is -0.493 e. The molecule has 0 spiro atoms. The second-order valence-electron chi connectivity index (χ2n) is 8.84. The molecule has 4 rings (SSSR count). The van der Waals surface area contributed by atoms with E-state index in [-0.39, 0.29) is 50.3 Å². The molecular formula is C29H32N2O8. The van der Waals surface area contributed by atoms with Crippen molar-refractivity contribution in [1.29, 1.82) is 0 Å². The van der Waals surface area contributed by atoms with E-state index in [9.17, 15) is 9.59 Å². The number of carbonyl (C=O) groups is 2. The van der Waals surface area contributed by atoms with Crippen molar-refractivity contribution in [2.75, 3.05) is 41.2 Å². The molecule has 2 aromatic carbocycles. The first-order valence-electron chi connectivity index (χ1n) is 12.3. The Balaban J connectivity index is 1.59. The number of amides is 2. The first-order chi connectivity index (χ1) is 18.9. The SMILES string of the molecule is C=CCN(CC(=O)N(Cc1ccc2c(c1)OCO2)Cc1ccc(C)o1)C(=O)c1cc(OC)c(OC)c(OC)c1. The van der Waals surface area contributed by atoms with Gasteiger partial charge in [0.2, 0.25) is 18.4 Å². The van der Waals surface area contributed by atoms with Gasteiger partial charge in [0.15, 0.2) is 23.0 Å². The van der Waals surface area contributed by atoms with Gasteiger partial charge in [0, 0.05) is 18.7 Å². The number of carbonyl (C=O) groups excluding carboxylic acids is 2. The molecule has 3 aromatic rings. The molecule has 1 aliphatic rings. The number of benzene rings is 2. The zero-order chi connectivity index (χ0) is 27.9. The van der Waals surface area contributed by atoms with E-state index in [4.69, 9.17) is 28.1 Å². The van der Waals surface area contributed by atoms with Crippen LogP contribution in [-0.2, 0) is 17.9 Å². The molecule has 10 nitrogen and oxygen atoms in total. The van der Waals surface area contributed by atoms with E-state index in [0.29, 0.717) is 34.5 Å². The average molecular weight is 537 g/mol. The third-order valence-corrected chi connectivity index (χ3v) is 6.18. The molecule has 10 heteroatoms. The Morgan fingerprint density at radius 2 is 1.64 bits per heavy atom. The molecule has 0 unspecified atom stereocenters. The number of hydrogen-bond acceptors (Lipinski definition) is 8. The van der Waals surface area contributed by atoms with Gasteiger partial charge in [-0.1, -0.05) is 12.1 Å². The predicted octanol–water partition coefficient (Wildman–Crippen LogP) is 4.20. The minimum absolute atomic E-state index is 0.152. The fourth-order valence-corrected chi connectivity index (χ4v) is 4.28. The van der Waals surface area contributed by atoms with Gasteiger partial charge in [-0.15, -0.1) is 6.58 Å². The van der Waals surface area contributed by atoms with Crippen LogP contribution in [0.5, 0.6) is 28.7 Å². The van der Waals surface area contributed by atoms with Crippen molar-refractivity contribution in [2.24, 2.45) is 0 Å². The highest BCUT2D eigenvalue weighted by molar-refractivity contribution is 5.97. The van der Waals surface area contributed by atoms with Crippen LogP contribution in [0.3, 0.4) is 0 Å². The van der Waals surface area contributed by atoms with Gasteiger partial charge in [-0.25, -0.2) is 0 Å². The van der Waals surface area contributed by atoms with E-state index in [1.165, 1.54) is 26.2 Å². The quantitative estimate of drug-likeness (QED) is 0.318. The Kier molecular flexibility index (Phi) is 8.65. The fourth-order valence-electron chi connectivity index (χ4n) is 4.28. The van der Waals surface area contributed by atoms with Gasteiger partial charge < -0.3 is 37.9 Å². The van der Waals surface area contributed by atoms with E-state index in [0.717, 1.165) is 11.3 Å². The summed E-state index contributed by atoms with van der Waals surface area (Å²) in [5, 5.41) is 0. The van der Waals surface area contributed by atoms with Crippen molar-refractivity contribution in [3.63, 3.8) is 0 Å². The molecule has 0 N–H and O–H groups in total. The van der Waals surface area contributed by atoms with Gasteiger partial charge in [0.05, 0.1) is 27.9 Å². The van der Waals surface area contributed by atoms with Crippen LogP contribution in [0.2, 0.25) is 0 Å². The van der Waals surface area contributed by atoms with E-state index >= 15 is 0 Å². The van der Waals surface area contributed by atoms with Crippen molar-refractivity contribution < 1.29 is 37.7 Å². The Morgan fingerprint density at radius 3 is 2.26 bits per heavy atom. The molecule has 1 aromatic heterocycles. The van der Waals surface area contributed by atoms with Gasteiger partial charge >= 0.3 is 0 Å². The van der Waals surface area contributed by atoms with Gasteiger partial charge in [0.1, 0.15) is 18.1 Å². The predicted molar refractivity (Wildman–Crippen MR) is 142 cm³/mol. The fraction of sp³-hybridized carbons (Fsp3) is 0.310. The topological polar surface area (TPSA) is 99.9 Å². The lowest BCUT2D eigenvalue weighted by molar-refractivity contribution is -0.133. The standard InChI is InChI=1S/C29H32N2O8/c1-6-11-30(29(33)21-13-25(34-3)28(36-5)26(14-21)35-4)17-27(32)31(16-22-9-7-19(2)39-22)15-20-8-10-23-24(12-20)38-18-37-23/h6-10,12-14H,1,11,15-18H2,2-5H3. The Hall–Kier alpha value is -4.60. The summed E-state index contributed by atoms with van der Waals surface area (Å²) in [6, 6.07) is 12.3. The van der Waals surface area contributed by atoms with Gasteiger partial charge in [0.25, 0.3) is 5.91 Å². The third kappa shape index (κ3) is 6.28. The van der Waals surface area contributed by atoms with Crippen LogP contribution < -0.4 is 23.7 Å². The molecule has 39 heavy (non-hydrogen) atoms. The van der Waals surface area contributed by atoms with Crippen molar-refractivity contribution >= 4 is 11.8 Å². The number of methoxy groups -OCH3 is 3. The van der Waals surface area contributed by atoms with Crippen LogP contribution in [-0.4, -0.2) is 62.8 Å². The third-order valence-electron chi connectivity index (χ3n) is 6.18. The van der Waals surface area contributed by atoms with Crippen LogP contribution >= 0.6 is 0 Å². The number of aryl methyl sites for hydroxylation is 1. The summed E-state index contributed by atoms with van der Waals surface area (Å²) in [6.45, 7) is 6.23. The highest BCUT2D eigenvalue weighted by Crippen LogP contribution is 2.38. The molecule has 2 amide bonds. The Morgan fingerprint density at radius 1 is 0.923 bits per heavy atom. The van der Waals surface area contributed by atoms with Crippen LogP contribution in [0.15, 0.2) is 59.5 Å². The maximum atomic E-state index is 13.7. The van der Waals surface area contributed by atoms with Crippen molar-refractivity contribution in [3.05, 3.63) is 77.8 Å². The molecule has 2 heterocycles. The second-order valence-corrected chi connectivity index (χ2v) is 8.84. The summed E-state index contributed by atoms with van der Waals surface area (Å²) in [5.41, 5.74) is 1.13. The Bertz CT molecular complexity index is 1320. The number of nitrogens with zero attached hydrogens (tertiary/aromatic N) is 2. The molecule has 0 saturated heterocycles. The van der Waals surface area contributed by atoms with Crippen LogP contribution in [0.25, 0.3) is 0 Å². The normalized spacial score (nSPS) is 11.6. The zero-order valence-corrected chi connectivity index (χ0v) is 22.5. The monoisotopic (exact) mass is 536 g/mol.